The molecule has 2 aromatic heterocycles. The Morgan fingerprint density at radius 3 is 1.70 bits per heavy atom. The SMILES string of the molecule is Cc1ccccc1-c1c(C)ccc2c1c1ccc3c4ccccc4n(-c4ccccc4)c3c1n2-c1ccccc1. The van der Waals surface area contributed by atoms with Crippen LogP contribution < -0.4 is 0 Å². The first-order chi connectivity index (χ1) is 19.7. The van der Waals surface area contributed by atoms with Crippen molar-refractivity contribution in [2.45, 2.75) is 13.8 Å². The van der Waals surface area contributed by atoms with Crippen molar-refractivity contribution in [3.63, 3.8) is 0 Å². The third-order valence-corrected chi connectivity index (χ3v) is 8.38. The summed E-state index contributed by atoms with van der Waals surface area (Å²) in [5, 5.41) is 5.11. The standard InChI is InChI=1S/C38H28N2/c1-25-13-9-10-18-29(25)35-26(2)21-24-34-36(35)32-23-22-31-30-19-11-12-20-33(30)39(27-14-5-3-6-15-27)37(31)38(32)40(34)28-16-7-4-8-17-28/h3-24H,1-2H3. The van der Waals surface area contributed by atoms with Crippen LogP contribution in [0, 0.1) is 13.8 Å². The Morgan fingerprint density at radius 2 is 0.975 bits per heavy atom. The molecule has 0 amide bonds. The van der Waals surface area contributed by atoms with Gasteiger partial charge in [0.2, 0.25) is 0 Å². The van der Waals surface area contributed by atoms with E-state index in [9.17, 15) is 0 Å². The molecule has 2 heterocycles. The van der Waals surface area contributed by atoms with Gasteiger partial charge in [-0.25, -0.2) is 0 Å². The molecule has 0 N–H and O–H groups in total. The van der Waals surface area contributed by atoms with Crippen LogP contribution in [-0.4, -0.2) is 9.13 Å². The summed E-state index contributed by atoms with van der Waals surface area (Å²) in [4.78, 5) is 0. The molecule has 40 heavy (non-hydrogen) atoms. The maximum Gasteiger partial charge on any atom is 0.0789 e. The van der Waals surface area contributed by atoms with Crippen molar-refractivity contribution >= 4 is 43.6 Å². The Balaban J connectivity index is 1.68. The molecule has 0 spiro atoms. The summed E-state index contributed by atoms with van der Waals surface area (Å²) < 4.78 is 4.93. The van der Waals surface area contributed by atoms with Crippen molar-refractivity contribution in [3.05, 3.63) is 145 Å². The smallest absolute Gasteiger partial charge is 0.0789 e. The van der Waals surface area contributed by atoms with E-state index in [0.29, 0.717) is 0 Å². The fourth-order valence-electron chi connectivity index (χ4n) is 6.63. The molecule has 0 aliphatic carbocycles. The highest BCUT2D eigenvalue weighted by atomic mass is 15.0. The van der Waals surface area contributed by atoms with E-state index in [1.165, 1.54) is 77.2 Å². The first kappa shape index (κ1) is 22.9. The van der Waals surface area contributed by atoms with Crippen molar-refractivity contribution in [1.82, 2.24) is 9.13 Å². The number of aromatic nitrogens is 2. The fraction of sp³-hybridized carbons (Fsp3) is 0.0526. The second-order valence-corrected chi connectivity index (χ2v) is 10.7. The molecule has 6 aromatic carbocycles. The first-order valence-electron chi connectivity index (χ1n) is 13.9. The Labute approximate surface area is 233 Å². The van der Waals surface area contributed by atoms with Gasteiger partial charge in [0, 0.05) is 32.9 Å². The quantitative estimate of drug-likeness (QED) is 0.223. The number of rotatable bonds is 3. The largest absolute Gasteiger partial charge is 0.307 e. The number of benzene rings is 6. The van der Waals surface area contributed by atoms with E-state index >= 15 is 0 Å². The summed E-state index contributed by atoms with van der Waals surface area (Å²) in [5.74, 6) is 0. The van der Waals surface area contributed by atoms with Crippen molar-refractivity contribution in [3.8, 4) is 22.5 Å². The lowest BCUT2D eigenvalue weighted by Crippen LogP contribution is -1.98. The second kappa shape index (κ2) is 8.72. The maximum absolute atomic E-state index is 2.48. The molecule has 0 unspecified atom stereocenters. The number of nitrogens with zero attached hydrogens (tertiary/aromatic N) is 2. The summed E-state index contributed by atoms with van der Waals surface area (Å²) in [7, 11) is 0. The molecule has 0 aliphatic rings. The maximum atomic E-state index is 2.48. The van der Waals surface area contributed by atoms with Crippen LogP contribution >= 0.6 is 0 Å². The fourth-order valence-corrected chi connectivity index (χ4v) is 6.63. The van der Waals surface area contributed by atoms with E-state index in [-0.39, 0.29) is 0 Å². The van der Waals surface area contributed by atoms with Gasteiger partial charge >= 0.3 is 0 Å². The van der Waals surface area contributed by atoms with Crippen LogP contribution in [0.1, 0.15) is 11.1 Å². The van der Waals surface area contributed by atoms with Crippen molar-refractivity contribution in [2.24, 2.45) is 0 Å². The molecule has 0 aliphatic heterocycles. The topological polar surface area (TPSA) is 9.86 Å². The van der Waals surface area contributed by atoms with Crippen LogP contribution in [0.4, 0.5) is 0 Å². The lowest BCUT2D eigenvalue weighted by molar-refractivity contribution is 1.15. The summed E-state index contributed by atoms with van der Waals surface area (Å²) in [6.45, 7) is 4.46. The van der Waals surface area contributed by atoms with E-state index in [0.717, 1.165) is 0 Å². The minimum Gasteiger partial charge on any atom is -0.307 e. The molecule has 0 bridgehead atoms. The van der Waals surface area contributed by atoms with Crippen molar-refractivity contribution in [2.75, 3.05) is 0 Å². The number of para-hydroxylation sites is 3. The molecular formula is C38H28N2. The predicted molar refractivity (Wildman–Crippen MR) is 170 cm³/mol. The minimum absolute atomic E-state index is 1.17. The Hall–Kier alpha value is -5.08. The van der Waals surface area contributed by atoms with Crippen molar-refractivity contribution < 1.29 is 0 Å². The molecule has 8 aromatic rings. The highest BCUT2D eigenvalue weighted by molar-refractivity contribution is 6.26. The van der Waals surface area contributed by atoms with Crippen LogP contribution in [0.3, 0.4) is 0 Å². The van der Waals surface area contributed by atoms with Crippen LogP contribution in [0.15, 0.2) is 133 Å². The van der Waals surface area contributed by atoms with Crippen LogP contribution in [-0.2, 0) is 0 Å². The molecule has 8 rings (SSSR count). The van der Waals surface area contributed by atoms with E-state index < -0.39 is 0 Å². The Kier molecular flexibility index (Phi) is 4.99. The molecule has 0 fully saturated rings. The summed E-state index contributed by atoms with van der Waals surface area (Å²) in [6, 6.07) is 48.4. The lowest BCUT2D eigenvalue weighted by atomic mass is 9.92. The monoisotopic (exact) mass is 512 g/mol. The average Bonchev–Trinajstić information content (AvgIpc) is 3.52. The van der Waals surface area contributed by atoms with E-state index in [4.69, 9.17) is 0 Å². The molecule has 0 atom stereocenters. The van der Waals surface area contributed by atoms with Gasteiger partial charge in [0.05, 0.1) is 22.1 Å². The third-order valence-electron chi connectivity index (χ3n) is 8.38. The number of hydrogen-bond acceptors (Lipinski definition) is 0. The summed E-state index contributed by atoms with van der Waals surface area (Å²) in [6.07, 6.45) is 0. The second-order valence-electron chi connectivity index (χ2n) is 10.7. The number of aryl methyl sites for hydroxylation is 2. The van der Waals surface area contributed by atoms with Gasteiger partial charge < -0.3 is 9.13 Å². The molecule has 0 radical (unpaired) electrons. The molecular weight excluding hydrogens is 484 g/mol. The van der Waals surface area contributed by atoms with Crippen LogP contribution in [0.2, 0.25) is 0 Å². The van der Waals surface area contributed by atoms with Gasteiger partial charge in [0.25, 0.3) is 0 Å². The molecule has 0 saturated heterocycles. The molecule has 0 saturated carbocycles. The highest BCUT2D eigenvalue weighted by Gasteiger charge is 2.23. The lowest BCUT2D eigenvalue weighted by Gasteiger charge is -2.13. The normalized spacial score (nSPS) is 11.8. The zero-order valence-electron chi connectivity index (χ0n) is 22.6. The van der Waals surface area contributed by atoms with Crippen molar-refractivity contribution in [1.29, 1.82) is 0 Å². The van der Waals surface area contributed by atoms with Gasteiger partial charge in [-0.1, -0.05) is 97.1 Å². The van der Waals surface area contributed by atoms with Crippen LogP contribution in [0.5, 0.6) is 0 Å². The molecule has 2 heteroatoms. The minimum atomic E-state index is 1.17. The van der Waals surface area contributed by atoms with Gasteiger partial charge in [-0.3, -0.25) is 0 Å². The first-order valence-corrected chi connectivity index (χ1v) is 13.9. The van der Waals surface area contributed by atoms with E-state index in [1.54, 1.807) is 0 Å². The predicted octanol–water partition coefficient (Wildman–Crippen LogP) is 10.2. The summed E-state index contributed by atoms with van der Waals surface area (Å²) >= 11 is 0. The van der Waals surface area contributed by atoms with E-state index in [1.807, 2.05) is 0 Å². The highest BCUT2D eigenvalue weighted by Crippen LogP contribution is 2.45. The summed E-state index contributed by atoms with van der Waals surface area (Å²) in [5.41, 5.74) is 12.4. The number of hydrogen-bond donors (Lipinski definition) is 0. The van der Waals surface area contributed by atoms with Gasteiger partial charge in [-0.15, -0.1) is 0 Å². The van der Waals surface area contributed by atoms with Gasteiger partial charge in [-0.2, -0.15) is 0 Å². The Bertz CT molecular complexity index is 2210. The zero-order chi connectivity index (χ0) is 26.8. The molecule has 190 valence electrons. The zero-order valence-corrected chi connectivity index (χ0v) is 22.6. The van der Waals surface area contributed by atoms with Gasteiger partial charge in [-0.05, 0) is 72.5 Å². The Morgan fingerprint density at radius 1 is 0.400 bits per heavy atom. The van der Waals surface area contributed by atoms with Gasteiger partial charge in [0.1, 0.15) is 0 Å². The van der Waals surface area contributed by atoms with E-state index in [2.05, 4.69) is 156 Å². The molecule has 2 nitrogen and oxygen atoms in total. The van der Waals surface area contributed by atoms with Gasteiger partial charge in [0.15, 0.2) is 0 Å². The average molecular weight is 513 g/mol. The third kappa shape index (κ3) is 3.17. The van der Waals surface area contributed by atoms with Crippen LogP contribution in [0.25, 0.3) is 66.1 Å². The number of fused-ring (bicyclic) bond motifs is 7.